The Labute approximate surface area is 120 Å². The third kappa shape index (κ3) is 3.97. The van der Waals surface area contributed by atoms with Crippen molar-refractivity contribution in [3.8, 4) is 5.75 Å². The lowest BCUT2D eigenvalue weighted by Gasteiger charge is -2.34. The number of hydrogen-bond acceptors (Lipinski definition) is 3. The van der Waals surface area contributed by atoms with Gasteiger partial charge >= 0.3 is 0 Å². The van der Waals surface area contributed by atoms with Crippen molar-refractivity contribution in [2.75, 3.05) is 13.2 Å². The number of aliphatic hydroxyl groups excluding tert-OH is 1. The number of aromatic hydroxyl groups is 1. The molecule has 0 unspecified atom stereocenters. The molecule has 1 aliphatic rings. The zero-order chi connectivity index (χ0) is 14.4. The van der Waals surface area contributed by atoms with E-state index in [1.54, 1.807) is 24.3 Å². The summed E-state index contributed by atoms with van der Waals surface area (Å²) < 4.78 is 0. The molecule has 1 amide bonds. The highest BCUT2D eigenvalue weighted by Crippen LogP contribution is 2.23. The van der Waals surface area contributed by atoms with E-state index in [-0.39, 0.29) is 24.3 Å². The smallest absolute Gasteiger partial charge is 0.227 e. The van der Waals surface area contributed by atoms with Crippen LogP contribution in [0.1, 0.15) is 37.7 Å². The van der Waals surface area contributed by atoms with Crippen LogP contribution in [0, 0.1) is 0 Å². The van der Waals surface area contributed by atoms with Crippen LogP contribution in [0.25, 0.3) is 0 Å². The molecule has 1 aromatic carbocycles. The highest BCUT2D eigenvalue weighted by molar-refractivity contribution is 5.79. The number of phenolic OH excluding ortho intramolecular Hbond substituents is 1. The van der Waals surface area contributed by atoms with Crippen LogP contribution in [0.4, 0.5) is 0 Å². The van der Waals surface area contributed by atoms with Crippen LogP contribution in [-0.4, -0.2) is 40.2 Å². The van der Waals surface area contributed by atoms with Gasteiger partial charge in [0.2, 0.25) is 5.91 Å². The summed E-state index contributed by atoms with van der Waals surface area (Å²) in [4.78, 5) is 14.3. The molecule has 1 aliphatic carbocycles. The van der Waals surface area contributed by atoms with Gasteiger partial charge in [0.1, 0.15) is 5.75 Å². The average molecular weight is 277 g/mol. The maximum absolute atomic E-state index is 12.4. The summed E-state index contributed by atoms with van der Waals surface area (Å²) in [6.07, 6.45) is 5.99. The third-order valence-corrected chi connectivity index (χ3v) is 3.97. The van der Waals surface area contributed by atoms with Gasteiger partial charge in [-0.25, -0.2) is 0 Å². The first-order valence-electron chi connectivity index (χ1n) is 7.39. The lowest BCUT2D eigenvalue weighted by atomic mass is 9.93. The number of carbonyl (C=O) groups excluding carboxylic acids is 1. The average Bonchev–Trinajstić information content (AvgIpc) is 2.48. The number of hydrogen-bond donors (Lipinski definition) is 2. The van der Waals surface area contributed by atoms with Gasteiger partial charge in [-0.1, -0.05) is 31.4 Å². The summed E-state index contributed by atoms with van der Waals surface area (Å²) in [6.45, 7) is 0.430. The second-order valence-corrected chi connectivity index (χ2v) is 5.45. The minimum atomic E-state index is 0.0117. The molecule has 0 aliphatic heterocycles. The molecule has 1 saturated carbocycles. The maximum atomic E-state index is 12.4. The molecule has 0 heterocycles. The number of rotatable bonds is 5. The minimum Gasteiger partial charge on any atom is -0.508 e. The van der Waals surface area contributed by atoms with E-state index < -0.39 is 0 Å². The van der Waals surface area contributed by atoms with Crippen LogP contribution in [0.5, 0.6) is 5.75 Å². The van der Waals surface area contributed by atoms with Gasteiger partial charge in [-0.3, -0.25) is 4.79 Å². The molecular weight excluding hydrogens is 254 g/mol. The van der Waals surface area contributed by atoms with Crippen molar-refractivity contribution in [1.29, 1.82) is 0 Å². The van der Waals surface area contributed by atoms with E-state index in [2.05, 4.69) is 0 Å². The second kappa shape index (κ2) is 7.29. The fraction of sp³-hybridized carbons (Fsp3) is 0.562. The molecule has 0 bridgehead atoms. The molecule has 0 atom stereocenters. The van der Waals surface area contributed by atoms with Crippen molar-refractivity contribution in [2.45, 2.75) is 44.6 Å². The Hall–Kier alpha value is -1.55. The van der Waals surface area contributed by atoms with Crippen molar-refractivity contribution in [3.63, 3.8) is 0 Å². The third-order valence-electron chi connectivity index (χ3n) is 3.97. The lowest BCUT2D eigenvalue weighted by Crippen LogP contribution is -2.43. The maximum Gasteiger partial charge on any atom is 0.227 e. The molecule has 4 heteroatoms. The van der Waals surface area contributed by atoms with E-state index in [9.17, 15) is 15.0 Å². The van der Waals surface area contributed by atoms with Crippen molar-refractivity contribution >= 4 is 5.91 Å². The summed E-state index contributed by atoms with van der Waals surface area (Å²) in [5.74, 6) is 0.275. The highest BCUT2D eigenvalue weighted by Gasteiger charge is 2.24. The number of nitrogens with zero attached hydrogens (tertiary/aromatic N) is 1. The van der Waals surface area contributed by atoms with Crippen LogP contribution in [-0.2, 0) is 11.2 Å². The van der Waals surface area contributed by atoms with E-state index in [1.165, 1.54) is 19.3 Å². The fourth-order valence-electron chi connectivity index (χ4n) is 2.90. The Bertz CT molecular complexity index is 424. The Morgan fingerprint density at radius 3 is 2.40 bits per heavy atom. The Morgan fingerprint density at radius 2 is 1.80 bits per heavy atom. The summed E-state index contributed by atoms with van der Waals surface area (Å²) in [5.41, 5.74) is 0.895. The van der Waals surface area contributed by atoms with E-state index >= 15 is 0 Å². The largest absolute Gasteiger partial charge is 0.508 e. The number of amides is 1. The number of phenols is 1. The van der Waals surface area contributed by atoms with Gasteiger partial charge in [0.05, 0.1) is 13.0 Å². The molecule has 2 rings (SSSR count). The number of carbonyl (C=O) groups is 1. The van der Waals surface area contributed by atoms with Gasteiger partial charge in [0.25, 0.3) is 0 Å². The summed E-state index contributed by atoms with van der Waals surface area (Å²) in [7, 11) is 0. The molecule has 1 aromatic rings. The van der Waals surface area contributed by atoms with Crippen molar-refractivity contribution in [2.24, 2.45) is 0 Å². The zero-order valence-corrected chi connectivity index (χ0v) is 11.8. The van der Waals surface area contributed by atoms with Crippen molar-refractivity contribution in [1.82, 2.24) is 4.90 Å². The predicted molar refractivity (Wildman–Crippen MR) is 77.5 cm³/mol. The zero-order valence-electron chi connectivity index (χ0n) is 11.8. The first-order valence-corrected chi connectivity index (χ1v) is 7.39. The Morgan fingerprint density at radius 1 is 1.15 bits per heavy atom. The first kappa shape index (κ1) is 14.9. The minimum absolute atomic E-state index is 0.0117. The molecular formula is C16H23NO3. The SMILES string of the molecule is O=C(Cc1ccc(O)cc1)N(CCO)C1CCCCC1. The van der Waals surface area contributed by atoms with Gasteiger partial charge in [-0.2, -0.15) is 0 Å². The van der Waals surface area contributed by atoms with E-state index in [0.717, 1.165) is 18.4 Å². The van der Waals surface area contributed by atoms with E-state index in [1.807, 2.05) is 4.90 Å². The highest BCUT2D eigenvalue weighted by atomic mass is 16.3. The first-order chi connectivity index (χ1) is 9.70. The second-order valence-electron chi connectivity index (χ2n) is 5.45. The van der Waals surface area contributed by atoms with Crippen molar-refractivity contribution < 1.29 is 15.0 Å². The number of benzene rings is 1. The molecule has 110 valence electrons. The van der Waals surface area contributed by atoms with Gasteiger partial charge in [0.15, 0.2) is 0 Å². The van der Waals surface area contributed by atoms with Gasteiger partial charge < -0.3 is 15.1 Å². The molecule has 4 nitrogen and oxygen atoms in total. The molecule has 0 saturated heterocycles. The van der Waals surface area contributed by atoms with Crippen molar-refractivity contribution in [3.05, 3.63) is 29.8 Å². The van der Waals surface area contributed by atoms with Crippen LogP contribution in [0.3, 0.4) is 0 Å². The van der Waals surface area contributed by atoms with Gasteiger partial charge in [0, 0.05) is 12.6 Å². The summed E-state index contributed by atoms with van der Waals surface area (Å²) in [6, 6.07) is 7.01. The van der Waals surface area contributed by atoms with Crippen LogP contribution in [0.2, 0.25) is 0 Å². The lowest BCUT2D eigenvalue weighted by molar-refractivity contribution is -0.134. The normalized spacial score (nSPS) is 16.1. The standard InChI is InChI=1S/C16H23NO3/c18-11-10-17(14-4-2-1-3-5-14)16(20)12-13-6-8-15(19)9-7-13/h6-9,14,18-19H,1-5,10-12H2. The van der Waals surface area contributed by atoms with Gasteiger partial charge in [-0.15, -0.1) is 0 Å². The fourth-order valence-corrected chi connectivity index (χ4v) is 2.90. The number of aliphatic hydroxyl groups is 1. The quantitative estimate of drug-likeness (QED) is 0.866. The topological polar surface area (TPSA) is 60.8 Å². The molecule has 0 spiro atoms. The van der Waals surface area contributed by atoms with Gasteiger partial charge in [-0.05, 0) is 30.5 Å². The van der Waals surface area contributed by atoms with Crippen LogP contribution in [0.15, 0.2) is 24.3 Å². The Balaban J connectivity index is 2.00. The van der Waals surface area contributed by atoms with E-state index in [0.29, 0.717) is 13.0 Å². The monoisotopic (exact) mass is 277 g/mol. The summed E-state index contributed by atoms with van der Waals surface area (Å²) in [5, 5.41) is 18.5. The molecule has 0 aromatic heterocycles. The van der Waals surface area contributed by atoms with E-state index in [4.69, 9.17) is 0 Å². The summed E-state index contributed by atoms with van der Waals surface area (Å²) >= 11 is 0. The molecule has 2 N–H and O–H groups in total. The Kier molecular flexibility index (Phi) is 5.41. The van der Waals surface area contributed by atoms with Crippen LogP contribution >= 0.6 is 0 Å². The molecule has 0 radical (unpaired) electrons. The van der Waals surface area contributed by atoms with Crippen LogP contribution < -0.4 is 0 Å². The molecule has 1 fully saturated rings. The predicted octanol–water partition coefficient (Wildman–Crippen LogP) is 2.09. The molecule has 20 heavy (non-hydrogen) atoms.